The molecule has 4 heteroatoms. The van der Waals surface area contributed by atoms with Crippen molar-refractivity contribution in [3.05, 3.63) is 60.2 Å². The van der Waals surface area contributed by atoms with Crippen molar-refractivity contribution >= 4 is 5.97 Å². The van der Waals surface area contributed by atoms with Crippen molar-refractivity contribution in [3.63, 3.8) is 0 Å². The molecule has 6 rings (SSSR count). The SMILES string of the molecule is COC(=O)C1C(C)C1CCC12COC3(c4cccc(Oc5ccccc5)c4)CCC13C2. The molecule has 1 spiro atoms. The van der Waals surface area contributed by atoms with Crippen LogP contribution in [0.25, 0.3) is 0 Å². The summed E-state index contributed by atoms with van der Waals surface area (Å²) in [6.07, 6.45) is 5.87. The largest absolute Gasteiger partial charge is 0.469 e. The van der Waals surface area contributed by atoms with Crippen molar-refractivity contribution < 1.29 is 19.0 Å². The van der Waals surface area contributed by atoms with Crippen LogP contribution in [0.15, 0.2) is 54.6 Å². The maximum Gasteiger partial charge on any atom is 0.309 e. The highest BCUT2D eigenvalue weighted by Crippen LogP contribution is 2.87. The Kier molecular flexibility index (Phi) is 4.11. The molecule has 4 nitrogen and oxygen atoms in total. The molecule has 0 radical (unpaired) electrons. The number of rotatable bonds is 7. The highest BCUT2D eigenvalue weighted by Gasteiger charge is 2.85. The van der Waals surface area contributed by atoms with Crippen molar-refractivity contribution in [2.75, 3.05) is 13.7 Å². The fourth-order valence-corrected chi connectivity index (χ4v) is 7.07. The Morgan fingerprint density at radius 1 is 1.10 bits per heavy atom. The minimum atomic E-state index is -0.153. The Balaban J connectivity index is 1.18. The Bertz CT molecular complexity index is 1010. The molecule has 0 amide bonds. The molecule has 1 heterocycles. The smallest absolute Gasteiger partial charge is 0.309 e. The highest BCUT2D eigenvalue weighted by atomic mass is 16.5. The van der Waals surface area contributed by atoms with E-state index in [0.717, 1.165) is 37.4 Å². The summed E-state index contributed by atoms with van der Waals surface area (Å²) in [6, 6.07) is 18.4. The zero-order chi connectivity index (χ0) is 21.3. The minimum absolute atomic E-state index is 0.0311. The molecular formula is C27H30O4. The first-order valence-electron chi connectivity index (χ1n) is 11.6. The number of hydrogen-bond acceptors (Lipinski definition) is 4. The summed E-state index contributed by atoms with van der Waals surface area (Å²) in [5.41, 5.74) is 1.69. The lowest BCUT2D eigenvalue weighted by atomic mass is 9.60. The Labute approximate surface area is 183 Å². The van der Waals surface area contributed by atoms with Crippen LogP contribution in [0.5, 0.6) is 11.5 Å². The van der Waals surface area contributed by atoms with Crippen LogP contribution in [0.4, 0.5) is 0 Å². The van der Waals surface area contributed by atoms with Gasteiger partial charge in [-0.15, -0.1) is 0 Å². The van der Waals surface area contributed by atoms with Gasteiger partial charge < -0.3 is 14.2 Å². The maximum absolute atomic E-state index is 11.9. The third kappa shape index (κ3) is 2.60. The predicted molar refractivity (Wildman–Crippen MR) is 117 cm³/mol. The number of hydrogen-bond donors (Lipinski definition) is 0. The summed E-state index contributed by atoms with van der Waals surface area (Å²) in [5.74, 6) is 2.74. The van der Waals surface area contributed by atoms with E-state index in [-0.39, 0.29) is 22.9 Å². The predicted octanol–water partition coefficient (Wildman–Crippen LogP) is 5.71. The van der Waals surface area contributed by atoms with E-state index in [1.54, 1.807) is 0 Å². The van der Waals surface area contributed by atoms with E-state index >= 15 is 0 Å². The molecule has 4 fully saturated rings. The Hall–Kier alpha value is -2.33. The van der Waals surface area contributed by atoms with Crippen molar-refractivity contribution in [1.29, 1.82) is 0 Å². The van der Waals surface area contributed by atoms with Gasteiger partial charge in [-0.3, -0.25) is 4.79 Å². The third-order valence-corrected chi connectivity index (χ3v) is 9.07. The van der Waals surface area contributed by atoms with Crippen molar-refractivity contribution in [3.8, 4) is 11.5 Å². The summed E-state index contributed by atoms with van der Waals surface area (Å²) in [7, 11) is 1.50. The number of para-hydroxylation sites is 1. The number of methoxy groups -OCH3 is 1. The zero-order valence-corrected chi connectivity index (χ0v) is 18.3. The van der Waals surface area contributed by atoms with Crippen LogP contribution in [0.1, 0.15) is 44.6 Å². The molecule has 3 aliphatic carbocycles. The second-order valence-corrected chi connectivity index (χ2v) is 10.2. The van der Waals surface area contributed by atoms with Crippen molar-refractivity contribution in [2.45, 2.75) is 44.6 Å². The quantitative estimate of drug-likeness (QED) is 0.540. The van der Waals surface area contributed by atoms with Gasteiger partial charge in [-0.05, 0) is 73.8 Å². The lowest BCUT2D eigenvalue weighted by Crippen LogP contribution is -2.46. The molecule has 3 saturated carbocycles. The standard InChI is InChI=1S/C27H30O4/c1-18-22(23(18)24(28)29-2)11-12-25-16-26(25)13-14-27(26,30-17-25)19-7-6-10-21(15-19)31-20-8-4-3-5-9-20/h3-10,15,18,22-23H,11-14,16-17H2,1-2H3. The molecule has 2 aromatic carbocycles. The monoisotopic (exact) mass is 418 g/mol. The van der Waals surface area contributed by atoms with Gasteiger partial charge in [-0.1, -0.05) is 37.3 Å². The van der Waals surface area contributed by atoms with Gasteiger partial charge in [0.2, 0.25) is 0 Å². The minimum Gasteiger partial charge on any atom is -0.469 e. The van der Waals surface area contributed by atoms with Crippen LogP contribution in [-0.4, -0.2) is 19.7 Å². The molecule has 1 saturated heterocycles. The van der Waals surface area contributed by atoms with E-state index in [4.69, 9.17) is 14.2 Å². The third-order valence-electron chi connectivity index (χ3n) is 9.07. The molecule has 31 heavy (non-hydrogen) atoms. The molecule has 0 bridgehead atoms. The average Bonchev–Trinajstić information content (AvgIpc) is 3.64. The van der Waals surface area contributed by atoms with E-state index in [1.807, 2.05) is 36.4 Å². The molecular weight excluding hydrogens is 388 g/mol. The number of carbonyl (C=O) groups excluding carboxylic acids is 1. The fraction of sp³-hybridized carbons (Fsp3) is 0.519. The van der Waals surface area contributed by atoms with Gasteiger partial charge in [0.25, 0.3) is 0 Å². The normalized spacial score (nSPS) is 39.1. The summed E-state index contributed by atoms with van der Waals surface area (Å²) < 4.78 is 17.7. The van der Waals surface area contributed by atoms with E-state index in [0.29, 0.717) is 17.3 Å². The van der Waals surface area contributed by atoms with Gasteiger partial charge in [0, 0.05) is 10.8 Å². The van der Waals surface area contributed by atoms with Crippen LogP contribution in [-0.2, 0) is 19.9 Å². The van der Waals surface area contributed by atoms with Crippen LogP contribution >= 0.6 is 0 Å². The summed E-state index contributed by atoms with van der Waals surface area (Å²) in [4.78, 5) is 11.9. The molecule has 2 aromatic rings. The van der Waals surface area contributed by atoms with E-state index in [1.165, 1.54) is 25.5 Å². The van der Waals surface area contributed by atoms with Crippen LogP contribution in [0.3, 0.4) is 0 Å². The highest BCUT2D eigenvalue weighted by molar-refractivity contribution is 5.76. The molecule has 6 atom stereocenters. The van der Waals surface area contributed by atoms with Gasteiger partial charge in [0.1, 0.15) is 11.5 Å². The first-order chi connectivity index (χ1) is 15.0. The second-order valence-electron chi connectivity index (χ2n) is 10.2. The molecule has 6 unspecified atom stereocenters. The number of carbonyl (C=O) groups is 1. The lowest BCUT2D eigenvalue weighted by molar-refractivity contribution is -0.142. The van der Waals surface area contributed by atoms with Crippen LogP contribution in [0, 0.1) is 28.6 Å². The molecule has 0 aromatic heterocycles. The molecule has 0 N–H and O–H groups in total. The van der Waals surface area contributed by atoms with E-state index in [9.17, 15) is 4.79 Å². The first-order valence-corrected chi connectivity index (χ1v) is 11.6. The summed E-state index contributed by atoms with van der Waals surface area (Å²) in [5, 5.41) is 0. The van der Waals surface area contributed by atoms with Gasteiger partial charge in [-0.2, -0.15) is 0 Å². The zero-order valence-electron chi connectivity index (χ0n) is 18.3. The number of benzene rings is 2. The number of ether oxygens (including phenoxy) is 3. The van der Waals surface area contributed by atoms with Gasteiger partial charge >= 0.3 is 5.97 Å². The second kappa shape index (κ2) is 6.59. The molecule has 4 aliphatic rings. The van der Waals surface area contributed by atoms with Gasteiger partial charge in [0.15, 0.2) is 0 Å². The topological polar surface area (TPSA) is 44.8 Å². The summed E-state index contributed by atoms with van der Waals surface area (Å²) in [6.45, 7) is 3.03. The number of esters is 1. The van der Waals surface area contributed by atoms with E-state index in [2.05, 4.69) is 25.1 Å². The molecule has 162 valence electrons. The van der Waals surface area contributed by atoms with E-state index < -0.39 is 0 Å². The summed E-state index contributed by atoms with van der Waals surface area (Å²) >= 11 is 0. The van der Waals surface area contributed by atoms with Crippen molar-refractivity contribution in [2.24, 2.45) is 28.6 Å². The maximum atomic E-state index is 11.9. The Morgan fingerprint density at radius 2 is 1.90 bits per heavy atom. The van der Waals surface area contributed by atoms with Crippen LogP contribution in [0.2, 0.25) is 0 Å². The first kappa shape index (κ1) is 19.4. The van der Waals surface area contributed by atoms with Gasteiger partial charge in [-0.25, -0.2) is 0 Å². The van der Waals surface area contributed by atoms with Crippen molar-refractivity contribution in [1.82, 2.24) is 0 Å². The molecule has 1 aliphatic heterocycles. The van der Waals surface area contributed by atoms with Gasteiger partial charge in [0.05, 0.1) is 25.2 Å². The van der Waals surface area contributed by atoms with Crippen LogP contribution < -0.4 is 4.74 Å². The average molecular weight is 419 g/mol. The fourth-order valence-electron chi connectivity index (χ4n) is 7.07. The lowest BCUT2D eigenvalue weighted by Gasteiger charge is -2.48. The Morgan fingerprint density at radius 3 is 2.65 bits per heavy atom.